The molecule has 2 aromatic rings. The first kappa shape index (κ1) is 20.0. The average molecular weight is 424 g/mol. The van der Waals surface area contributed by atoms with E-state index in [0.29, 0.717) is 17.1 Å². The van der Waals surface area contributed by atoms with Crippen molar-refractivity contribution in [3.8, 4) is 5.75 Å². The van der Waals surface area contributed by atoms with Gasteiger partial charge in [-0.05, 0) is 23.3 Å². The number of hydrogen-bond donors (Lipinski definition) is 2. The van der Waals surface area contributed by atoms with Crippen molar-refractivity contribution in [3.05, 3.63) is 71.4 Å². The first-order chi connectivity index (χ1) is 14.5. The number of carbonyl (C=O) groups is 3. The summed E-state index contributed by atoms with van der Waals surface area (Å²) in [5.41, 5.74) is 2.13. The fraction of sp³-hybridized carbons (Fsp3) is 0.227. The van der Waals surface area contributed by atoms with E-state index in [9.17, 15) is 19.5 Å². The Morgan fingerprint density at radius 2 is 1.87 bits per heavy atom. The molecular formula is C22H20N2O5S. The quantitative estimate of drug-likeness (QED) is 0.690. The Kier molecular flexibility index (Phi) is 5.50. The molecule has 0 saturated carbocycles. The number of benzene rings is 2. The maximum Gasteiger partial charge on any atom is 0.352 e. The number of carbonyl (C=O) groups excluding carboxylic acids is 2. The summed E-state index contributed by atoms with van der Waals surface area (Å²) in [6.45, 7) is 0. The highest BCUT2D eigenvalue weighted by atomic mass is 32.2. The van der Waals surface area contributed by atoms with Crippen LogP contribution in [0.5, 0.6) is 5.75 Å². The summed E-state index contributed by atoms with van der Waals surface area (Å²) in [6.07, 6.45) is 0.167. The lowest BCUT2D eigenvalue weighted by Gasteiger charge is -2.49. The number of carboxylic acids is 1. The van der Waals surface area contributed by atoms with E-state index in [2.05, 4.69) is 5.32 Å². The third-order valence-corrected chi connectivity index (χ3v) is 6.41. The van der Waals surface area contributed by atoms with Crippen molar-refractivity contribution in [2.24, 2.45) is 0 Å². The Bertz CT molecular complexity index is 1020. The predicted molar refractivity (Wildman–Crippen MR) is 113 cm³/mol. The molecule has 30 heavy (non-hydrogen) atoms. The zero-order valence-electron chi connectivity index (χ0n) is 16.2. The van der Waals surface area contributed by atoms with E-state index in [1.165, 1.54) is 16.7 Å². The minimum Gasteiger partial charge on any atom is -0.497 e. The molecule has 0 spiro atoms. The number of ether oxygens (including phenoxy) is 1. The lowest BCUT2D eigenvalue weighted by Crippen LogP contribution is -2.70. The number of fused-ring (bicyclic) bond motifs is 1. The number of aliphatic carboxylic acids is 1. The van der Waals surface area contributed by atoms with Crippen LogP contribution >= 0.6 is 11.8 Å². The maximum atomic E-state index is 12.8. The summed E-state index contributed by atoms with van der Waals surface area (Å²) in [5, 5.41) is 12.1. The van der Waals surface area contributed by atoms with E-state index in [1.54, 1.807) is 31.4 Å². The van der Waals surface area contributed by atoms with Gasteiger partial charge in [-0.2, -0.15) is 0 Å². The first-order valence-corrected chi connectivity index (χ1v) is 10.4. The molecule has 2 heterocycles. The summed E-state index contributed by atoms with van der Waals surface area (Å²) >= 11 is 1.45. The van der Waals surface area contributed by atoms with Crippen LogP contribution in [0.15, 0.2) is 60.3 Å². The van der Waals surface area contributed by atoms with Gasteiger partial charge in [-0.1, -0.05) is 42.5 Å². The second-order valence-corrected chi connectivity index (χ2v) is 8.08. The molecule has 1 saturated heterocycles. The monoisotopic (exact) mass is 424 g/mol. The van der Waals surface area contributed by atoms with E-state index >= 15 is 0 Å². The van der Waals surface area contributed by atoms with Gasteiger partial charge in [0.05, 0.1) is 13.5 Å². The maximum absolute atomic E-state index is 12.8. The standard InChI is InChI=1S/C22H20N2O5S/c1-29-15-9-7-14(8-10-15)16-12-30-21-18(20(26)24(21)19(16)22(27)28)23-17(25)11-13-5-3-2-4-6-13/h2-10,18,21H,11-12H2,1H3,(H,23,25)(H,27,28)/t18?,21-/m1/s1. The van der Waals surface area contributed by atoms with E-state index in [1.807, 2.05) is 30.3 Å². The average Bonchev–Trinajstić information content (AvgIpc) is 2.77. The summed E-state index contributed by atoms with van der Waals surface area (Å²) < 4.78 is 5.15. The lowest BCUT2D eigenvalue weighted by atomic mass is 9.98. The van der Waals surface area contributed by atoms with E-state index in [-0.39, 0.29) is 18.0 Å². The SMILES string of the molecule is COc1ccc(C2=C(C(=O)O)N3C(=O)C(NC(=O)Cc4ccccc4)[C@H]3SC2)cc1. The third kappa shape index (κ3) is 3.66. The fourth-order valence-electron chi connectivity index (χ4n) is 3.64. The Morgan fingerprint density at radius 3 is 2.50 bits per heavy atom. The van der Waals surface area contributed by atoms with Crippen molar-refractivity contribution in [3.63, 3.8) is 0 Å². The molecule has 2 N–H and O–H groups in total. The van der Waals surface area contributed by atoms with Gasteiger partial charge in [0, 0.05) is 11.3 Å². The number of rotatable bonds is 6. The van der Waals surface area contributed by atoms with Gasteiger partial charge >= 0.3 is 5.97 Å². The fourth-order valence-corrected chi connectivity index (χ4v) is 5.01. The lowest BCUT2D eigenvalue weighted by molar-refractivity contribution is -0.150. The minimum atomic E-state index is -1.16. The zero-order chi connectivity index (χ0) is 21.3. The molecule has 0 aromatic heterocycles. The van der Waals surface area contributed by atoms with Gasteiger partial charge in [-0.25, -0.2) is 4.79 Å². The molecule has 4 rings (SSSR count). The van der Waals surface area contributed by atoms with Crippen molar-refractivity contribution in [1.82, 2.24) is 10.2 Å². The normalized spacial score (nSPS) is 20.3. The molecule has 7 nitrogen and oxygen atoms in total. The number of β-lactam (4-membered cyclic amide) rings is 1. The van der Waals surface area contributed by atoms with Crippen LogP contribution in [0, 0.1) is 0 Å². The van der Waals surface area contributed by atoms with Crippen LogP contribution in [0.1, 0.15) is 11.1 Å². The number of carboxylic acid groups (broad SMARTS) is 1. The van der Waals surface area contributed by atoms with Crippen LogP contribution in [0.3, 0.4) is 0 Å². The minimum absolute atomic E-state index is 0.0255. The van der Waals surface area contributed by atoms with Crippen LogP contribution < -0.4 is 10.1 Å². The summed E-state index contributed by atoms with van der Waals surface area (Å²) in [4.78, 5) is 38.4. The van der Waals surface area contributed by atoms with Gasteiger partial charge in [-0.15, -0.1) is 11.8 Å². The van der Waals surface area contributed by atoms with Gasteiger partial charge in [0.2, 0.25) is 5.91 Å². The molecule has 154 valence electrons. The molecule has 0 radical (unpaired) electrons. The number of amides is 2. The van der Waals surface area contributed by atoms with Crippen molar-refractivity contribution < 1.29 is 24.2 Å². The molecule has 1 fully saturated rings. The number of hydrogen-bond acceptors (Lipinski definition) is 5. The van der Waals surface area contributed by atoms with Gasteiger partial charge in [0.1, 0.15) is 22.9 Å². The molecule has 2 atom stereocenters. The number of nitrogens with one attached hydrogen (secondary N) is 1. The molecule has 0 aliphatic carbocycles. The highest BCUT2D eigenvalue weighted by Crippen LogP contribution is 2.43. The van der Waals surface area contributed by atoms with Gasteiger partial charge in [-0.3, -0.25) is 14.5 Å². The van der Waals surface area contributed by atoms with Crippen LogP contribution in [-0.4, -0.2) is 52.1 Å². The summed E-state index contributed by atoms with van der Waals surface area (Å²) in [6, 6.07) is 15.6. The summed E-state index contributed by atoms with van der Waals surface area (Å²) in [5.74, 6) is -0.737. The molecule has 2 aromatic carbocycles. The molecule has 2 amide bonds. The largest absolute Gasteiger partial charge is 0.497 e. The number of methoxy groups -OCH3 is 1. The van der Waals surface area contributed by atoms with Gasteiger partial charge in [0.15, 0.2) is 0 Å². The molecule has 0 bridgehead atoms. The molecule has 8 heteroatoms. The Labute approximate surface area is 177 Å². The highest BCUT2D eigenvalue weighted by Gasteiger charge is 2.54. The van der Waals surface area contributed by atoms with E-state index in [0.717, 1.165) is 11.1 Å². The molecule has 2 aliphatic rings. The van der Waals surface area contributed by atoms with Crippen LogP contribution in [0.4, 0.5) is 0 Å². The zero-order valence-corrected chi connectivity index (χ0v) is 17.0. The smallest absolute Gasteiger partial charge is 0.352 e. The summed E-state index contributed by atoms with van der Waals surface area (Å²) in [7, 11) is 1.56. The Hall–Kier alpha value is -3.26. The van der Waals surface area contributed by atoms with Crippen molar-refractivity contribution in [2.75, 3.05) is 12.9 Å². The van der Waals surface area contributed by atoms with Gasteiger partial charge < -0.3 is 15.2 Å². The third-order valence-electron chi connectivity index (χ3n) is 5.13. The topological polar surface area (TPSA) is 95.9 Å². The van der Waals surface area contributed by atoms with Crippen LogP contribution in [0.25, 0.3) is 5.57 Å². The Balaban J connectivity index is 1.52. The van der Waals surface area contributed by atoms with Crippen LogP contribution in [0.2, 0.25) is 0 Å². The van der Waals surface area contributed by atoms with Crippen molar-refractivity contribution in [1.29, 1.82) is 0 Å². The van der Waals surface area contributed by atoms with Crippen molar-refractivity contribution >= 4 is 35.1 Å². The number of thioether (sulfide) groups is 1. The second-order valence-electron chi connectivity index (χ2n) is 6.98. The molecule has 1 unspecified atom stereocenters. The van der Waals surface area contributed by atoms with Crippen LogP contribution in [-0.2, 0) is 20.8 Å². The second kappa shape index (κ2) is 8.23. The molecular weight excluding hydrogens is 404 g/mol. The first-order valence-electron chi connectivity index (χ1n) is 9.38. The highest BCUT2D eigenvalue weighted by molar-refractivity contribution is 8.00. The Morgan fingerprint density at radius 1 is 1.17 bits per heavy atom. The number of nitrogens with zero attached hydrogens (tertiary/aromatic N) is 1. The van der Waals surface area contributed by atoms with E-state index < -0.39 is 23.3 Å². The van der Waals surface area contributed by atoms with E-state index in [4.69, 9.17) is 4.74 Å². The van der Waals surface area contributed by atoms with Gasteiger partial charge in [0.25, 0.3) is 5.91 Å². The molecule has 2 aliphatic heterocycles. The predicted octanol–water partition coefficient (Wildman–Crippen LogP) is 2.13. The van der Waals surface area contributed by atoms with Crippen molar-refractivity contribution in [2.45, 2.75) is 17.8 Å².